The smallest absolute Gasteiger partial charge is 0.270 e. The summed E-state index contributed by atoms with van der Waals surface area (Å²) in [6.45, 7) is 2.55. The molecule has 0 aliphatic rings. The summed E-state index contributed by atoms with van der Waals surface area (Å²) in [4.78, 5) is 13.4. The fraction of sp³-hybridized carbons (Fsp3) is 0.133. The van der Waals surface area contributed by atoms with Crippen LogP contribution in [0.4, 0.5) is 0 Å². The van der Waals surface area contributed by atoms with E-state index in [1.165, 1.54) is 11.1 Å². The van der Waals surface area contributed by atoms with Crippen LogP contribution in [0.3, 0.4) is 0 Å². The standard InChI is InChI=1S/C30H27N3O2/c1-22-10-8-15-25(20-22)33-28(21-27(32-33)29-16-9-19-35-29)30(34)31-18-17-26(23-11-4-2-5-12-23)24-13-6-3-7-14-24/h2-16,19-21,26H,17-18H2,1H3,(H,31,34). The van der Waals surface area contributed by atoms with E-state index in [9.17, 15) is 4.79 Å². The molecule has 0 unspecified atom stereocenters. The second kappa shape index (κ2) is 10.3. The van der Waals surface area contributed by atoms with Gasteiger partial charge in [0.05, 0.1) is 12.0 Å². The predicted molar refractivity (Wildman–Crippen MR) is 138 cm³/mol. The van der Waals surface area contributed by atoms with Crippen molar-refractivity contribution in [1.82, 2.24) is 15.1 Å². The third-order valence-corrected chi connectivity index (χ3v) is 6.08. The lowest BCUT2D eigenvalue weighted by Crippen LogP contribution is -2.28. The second-order valence-corrected chi connectivity index (χ2v) is 8.56. The maximum atomic E-state index is 13.4. The Morgan fingerprint density at radius 3 is 2.23 bits per heavy atom. The van der Waals surface area contributed by atoms with Crippen LogP contribution in [-0.4, -0.2) is 22.2 Å². The van der Waals surface area contributed by atoms with E-state index in [0.29, 0.717) is 23.7 Å². The molecule has 0 saturated carbocycles. The quantitative estimate of drug-likeness (QED) is 0.291. The van der Waals surface area contributed by atoms with Gasteiger partial charge in [-0.25, -0.2) is 4.68 Å². The molecule has 5 nitrogen and oxygen atoms in total. The van der Waals surface area contributed by atoms with Gasteiger partial charge < -0.3 is 9.73 Å². The zero-order valence-corrected chi connectivity index (χ0v) is 19.6. The molecule has 0 saturated heterocycles. The lowest BCUT2D eigenvalue weighted by Gasteiger charge is -2.18. The Labute approximate surface area is 205 Å². The number of furan rings is 1. The van der Waals surface area contributed by atoms with Crippen LogP contribution in [0, 0.1) is 6.92 Å². The Morgan fingerprint density at radius 1 is 0.886 bits per heavy atom. The Kier molecular flexibility index (Phi) is 6.57. The van der Waals surface area contributed by atoms with Crippen LogP contribution in [-0.2, 0) is 0 Å². The molecule has 0 fully saturated rings. The van der Waals surface area contributed by atoms with Gasteiger partial charge in [0, 0.05) is 18.5 Å². The Hall–Kier alpha value is -4.38. The summed E-state index contributed by atoms with van der Waals surface area (Å²) in [7, 11) is 0. The molecule has 1 amide bonds. The van der Waals surface area contributed by atoms with Gasteiger partial charge in [-0.05, 0) is 54.3 Å². The second-order valence-electron chi connectivity index (χ2n) is 8.56. The van der Waals surface area contributed by atoms with Gasteiger partial charge in [-0.3, -0.25) is 4.79 Å². The summed E-state index contributed by atoms with van der Waals surface area (Å²) in [6, 6.07) is 34.2. The summed E-state index contributed by atoms with van der Waals surface area (Å²) in [5.74, 6) is 0.647. The Balaban J connectivity index is 1.38. The molecular formula is C30H27N3O2. The summed E-state index contributed by atoms with van der Waals surface area (Å²) in [5, 5.41) is 7.81. The van der Waals surface area contributed by atoms with E-state index < -0.39 is 0 Å². The molecule has 0 radical (unpaired) electrons. The highest BCUT2D eigenvalue weighted by Gasteiger charge is 2.20. The maximum absolute atomic E-state index is 13.4. The van der Waals surface area contributed by atoms with Crippen LogP contribution < -0.4 is 5.32 Å². The highest BCUT2D eigenvalue weighted by Crippen LogP contribution is 2.28. The molecule has 0 atom stereocenters. The highest BCUT2D eigenvalue weighted by atomic mass is 16.3. The first-order chi connectivity index (χ1) is 17.2. The van der Waals surface area contributed by atoms with Gasteiger partial charge >= 0.3 is 0 Å². The molecule has 5 rings (SSSR count). The van der Waals surface area contributed by atoms with Gasteiger partial charge in [-0.1, -0.05) is 72.8 Å². The molecule has 0 aliphatic heterocycles. The first-order valence-corrected chi connectivity index (χ1v) is 11.8. The van der Waals surface area contributed by atoms with Crippen LogP contribution in [0.1, 0.15) is 39.5 Å². The van der Waals surface area contributed by atoms with Gasteiger partial charge in [0.2, 0.25) is 0 Å². The zero-order valence-electron chi connectivity index (χ0n) is 19.6. The zero-order chi connectivity index (χ0) is 24.0. The van der Waals surface area contributed by atoms with Crippen LogP contribution in [0.15, 0.2) is 114 Å². The van der Waals surface area contributed by atoms with Crippen molar-refractivity contribution in [3.63, 3.8) is 0 Å². The van der Waals surface area contributed by atoms with Gasteiger partial charge in [0.25, 0.3) is 5.91 Å². The van der Waals surface area contributed by atoms with Crippen molar-refractivity contribution >= 4 is 5.91 Å². The number of aryl methyl sites for hydroxylation is 1. The first kappa shape index (κ1) is 22.4. The Morgan fingerprint density at radius 2 is 1.60 bits per heavy atom. The molecule has 5 aromatic rings. The van der Waals surface area contributed by atoms with Crippen LogP contribution >= 0.6 is 0 Å². The predicted octanol–water partition coefficient (Wildman–Crippen LogP) is 6.39. The molecule has 1 N–H and O–H groups in total. The number of aromatic nitrogens is 2. The lowest BCUT2D eigenvalue weighted by molar-refractivity contribution is 0.0945. The highest BCUT2D eigenvalue weighted by molar-refractivity contribution is 5.94. The van der Waals surface area contributed by atoms with E-state index in [1.54, 1.807) is 17.0 Å². The average Bonchev–Trinajstić information content (AvgIpc) is 3.58. The van der Waals surface area contributed by atoms with E-state index in [-0.39, 0.29) is 11.8 Å². The van der Waals surface area contributed by atoms with E-state index in [4.69, 9.17) is 4.42 Å². The normalized spacial score (nSPS) is 11.0. The van der Waals surface area contributed by atoms with Gasteiger partial charge in [0.1, 0.15) is 11.4 Å². The van der Waals surface area contributed by atoms with Gasteiger partial charge in [-0.2, -0.15) is 5.10 Å². The van der Waals surface area contributed by atoms with Crippen LogP contribution in [0.2, 0.25) is 0 Å². The van der Waals surface area contributed by atoms with Crippen molar-refractivity contribution in [2.75, 3.05) is 6.54 Å². The first-order valence-electron chi connectivity index (χ1n) is 11.8. The van der Waals surface area contributed by atoms with E-state index in [0.717, 1.165) is 17.7 Å². The fourth-order valence-electron chi connectivity index (χ4n) is 4.36. The summed E-state index contributed by atoms with van der Waals surface area (Å²) in [6.07, 6.45) is 2.39. The van der Waals surface area contributed by atoms with Crippen molar-refractivity contribution in [2.45, 2.75) is 19.3 Å². The lowest BCUT2D eigenvalue weighted by atomic mass is 9.88. The van der Waals surface area contributed by atoms with Crippen molar-refractivity contribution in [3.8, 4) is 17.1 Å². The van der Waals surface area contributed by atoms with Gasteiger partial charge in [0.15, 0.2) is 5.76 Å². The molecule has 2 heterocycles. The topological polar surface area (TPSA) is 60.1 Å². The van der Waals surface area contributed by atoms with E-state index in [1.807, 2.05) is 55.5 Å². The number of carbonyl (C=O) groups is 1. The summed E-state index contributed by atoms with van der Waals surface area (Å²) < 4.78 is 7.22. The number of rotatable bonds is 8. The number of nitrogens with one attached hydrogen (secondary N) is 1. The number of amides is 1. The molecule has 2 aromatic heterocycles. The molecule has 174 valence electrons. The minimum Gasteiger partial charge on any atom is -0.463 e. The number of nitrogens with zero attached hydrogens (tertiary/aromatic N) is 2. The monoisotopic (exact) mass is 461 g/mol. The van der Waals surface area contributed by atoms with Crippen molar-refractivity contribution in [1.29, 1.82) is 0 Å². The summed E-state index contributed by atoms with van der Waals surface area (Å²) >= 11 is 0. The molecule has 5 heteroatoms. The van der Waals surface area contributed by atoms with Crippen molar-refractivity contribution in [2.24, 2.45) is 0 Å². The van der Waals surface area contributed by atoms with Crippen LogP contribution in [0.5, 0.6) is 0 Å². The molecule has 0 spiro atoms. The van der Waals surface area contributed by atoms with Crippen molar-refractivity contribution < 1.29 is 9.21 Å². The minimum absolute atomic E-state index is 0.170. The third-order valence-electron chi connectivity index (χ3n) is 6.08. The largest absolute Gasteiger partial charge is 0.463 e. The fourth-order valence-corrected chi connectivity index (χ4v) is 4.36. The molecule has 0 aliphatic carbocycles. The SMILES string of the molecule is Cc1cccc(-n2nc(-c3ccco3)cc2C(=O)NCCC(c2ccccc2)c2ccccc2)c1. The van der Waals surface area contributed by atoms with Crippen LogP contribution in [0.25, 0.3) is 17.1 Å². The molecular weight excluding hydrogens is 434 g/mol. The molecule has 0 bridgehead atoms. The summed E-state index contributed by atoms with van der Waals surface area (Å²) in [5.41, 5.74) is 5.48. The minimum atomic E-state index is -0.170. The van der Waals surface area contributed by atoms with E-state index >= 15 is 0 Å². The molecule has 35 heavy (non-hydrogen) atoms. The van der Waals surface area contributed by atoms with Crippen molar-refractivity contribution in [3.05, 3.63) is 132 Å². The maximum Gasteiger partial charge on any atom is 0.270 e. The number of carbonyl (C=O) groups excluding carboxylic acids is 1. The van der Waals surface area contributed by atoms with E-state index in [2.05, 4.69) is 58.9 Å². The Bertz CT molecular complexity index is 1350. The van der Waals surface area contributed by atoms with Gasteiger partial charge in [-0.15, -0.1) is 0 Å². The number of hydrogen-bond donors (Lipinski definition) is 1. The average molecular weight is 462 g/mol. The number of benzene rings is 3. The number of hydrogen-bond acceptors (Lipinski definition) is 3. The molecule has 3 aromatic carbocycles. The third kappa shape index (κ3) is 5.09.